The van der Waals surface area contributed by atoms with Crippen molar-refractivity contribution in [3.8, 4) is 5.75 Å². The van der Waals surface area contributed by atoms with Crippen LogP contribution in [-0.2, 0) is 17.6 Å². The van der Waals surface area contributed by atoms with Crippen LogP contribution in [0.15, 0.2) is 16.6 Å². The summed E-state index contributed by atoms with van der Waals surface area (Å²) < 4.78 is 6.80. The molecular formula is C15H19BrO2. The summed E-state index contributed by atoms with van der Waals surface area (Å²) in [4.78, 5) is 11.5. The summed E-state index contributed by atoms with van der Waals surface area (Å²) >= 11 is 3.54. The molecular weight excluding hydrogens is 292 g/mol. The molecule has 2 nitrogen and oxygen atoms in total. The van der Waals surface area contributed by atoms with Gasteiger partial charge in [0.1, 0.15) is 11.5 Å². The number of carbonyl (C=O) groups excluding carboxylic acids is 1. The van der Waals surface area contributed by atoms with E-state index in [1.807, 2.05) is 6.92 Å². The molecule has 0 saturated carbocycles. The molecule has 0 radical (unpaired) electrons. The predicted octanol–water partition coefficient (Wildman–Crippen LogP) is 4.08. The highest BCUT2D eigenvalue weighted by Crippen LogP contribution is 2.33. The van der Waals surface area contributed by atoms with E-state index in [0.29, 0.717) is 18.6 Å². The van der Waals surface area contributed by atoms with Gasteiger partial charge in [0, 0.05) is 23.7 Å². The summed E-state index contributed by atoms with van der Waals surface area (Å²) in [5.41, 5.74) is 2.53. The molecule has 1 heterocycles. The van der Waals surface area contributed by atoms with E-state index in [1.54, 1.807) is 0 Å². The number of ether oxygens (including phenoxy) is 1. The minimum Gasteiger partial charge on any atom is -0.493 e. The lowest BCUT2D eigenvalue weighted by molar-refractivity contribution is -0.119. The van der Waals surface area contributed by atoms with Crippen molar-refractivity contribution in [1.82, 2.24) is 0 Å². The third-order valence-electron chi connectivity index (χ3n) is 3.26. The Kier molecular flexibility index (Phi) is 4.81. The van der Waals surface area contributed by atoms with Gasteiger partial charge in [-0.2, -0.15) is 0 Å². The molecule has 0 saturated heterocycles. The molecule has 0 N–H and O–H groups in total. The van der Waals surface area contributed by atoms with Crippen LogP contribution in [0.25, 0.3) is 0 Å². The van der Waals surface area contributed by atoms with E-state index in [2.05, 4.69) is 28.1 Å². The van der Waals surface area contributed by atoms with Crippen LogP contribution in [0.4, 0.5) is 0 Å². The van der Waals surface area contributed by atoms with E-state index < -0.39 is 0 Å². The monoisotopic (exact) mass is 310 g/mol. The Morgan fingerprint density at radius 2 is 2.22 bits per heavy atom. The van der Waals surface area contributed by atoms with Crippen molar-refractivity contribution in [2.75, 3.05) is 6.61 Å². The van der Waals surface area contributed by atoms with Gasteiger partial charge in [0.2, 0.25) is 0 Å². The van der Waals surface area contributed by atoms with Gasteiger partial charge in [-0.05, 0) is 42.5 Å². The molecule has 0 bridgehead atoms. The Balaban J connectivity index is 1.95. The van der Waals surface area contributed by atoms with Crippen LogP contribution in [-0.4, -0.2) is 12.4 Å². The second kappa shape index (κ2) is 6.37. The van der Waals surface area contributed by atoms with Gasteiger partial charge in [-0.25, -0.2) is 0 Å². The summed E-state index contributed by atoms with van der Waals surface area (Å²) in [7, 11) is 0. The fourth-order valence-corrected chi connectivity index (χ4v) is 2.96. The molecule has 0 unspecified atom stereocenters. The maximum Gasteiger partial charge on any atom is 0.132 e. The van der Waals surface area contributed by atoms with E-state index in [4.69, 9.17) is 4.74 Å². The molecule has 0 aromatic heterocycles. The smallest absolute Gasteiger partial charge is 0.132 e. The number of ketones is 1. The number of rotatable bonds is 6. The van der Waals surface area contributed by atoms with Gasteiger partial charge in [0.05, 0.1) is 6.61 Å². The average molecular weight is 311 g/mol. The zero-order valence-corrected chi connectivity index (χ0v) is 12.4. The maximum atomic E-state index is 11.5. The van der Waals surface area contributed by atoms with Crippen LogP contribution in [0.1, 0.15) is 43.7 Å². The number of benzene rings is 1. The molecule has 3 heteroatoms. The third-order valence-corrected chi connectivity index (χ3v) is 3.71. The Labute approximate surface area is 117 Å². The summed E-state index contributed by atoms with van der Waals surface area (Å²) in [6.45, 7) is 2.83. The third kappa shape index (κ3) is 3.35. The van der Waals surface area contributed by atoms with Crippen molar-refractivity contribution >= 4 is 21.7 Å². The number of halogens is 1. The number of fused-ring (bicyclic) bond motifs is 1. The second-order valence-corrected chi connectivity index (χ2v) is 5.71. The van der Waals surface area contributed by atoms with E-state index in [9.17, 15) is 4.79 Å². The van der Waals surface area contributed by atoms with Crippen molar-refractivity contribution in [1.29, 1.82) is 0 Å². The van der Waals surface area contributed by atoms with Crippen molar-refractivity contribution in [2.24, 2.45) is 0 Å². The molecule has 1 aromatic rings. The fourth-order valence-electron chi connectivity index (χ4n) is 2.41. The van der Waals surface area contributed by atoms with E-state index in [0.717, 1.165) is 42.5 Å². The summed E-state index contributed by atoms with van der Waals surface area (Å²) in [5, 5.41) is 0. The van der Waals surface area contributed by atoms with Crippen LogP contribution < -0.4 is 4.74 Å². The van der Waals surface area contributed by atoms with Gasteiger partial charge in [-0.3, -0.25) is 4.79 Å². The average Bonchev–Trinajstić information content (AvgIpc) is 2.77. The molecule has 98 valence electrons. The summed E-state index contributed by atoms with van der Waals surface area (Å²) in [5.74, 6) is 1.44. The number of carbonyl (C=O) groups is 1. The Hall–Kier alpha value is -0.830. The lowest BCUT2D eigenvalue weighted by atomic mass is 10.0. The van der Waals surface area contributed by atoms with E-state index >= 15 is 0 Å². The number of hydrogen-bond acceptors (Lipinski definition) is 2. The SMILES string of the molecule is CCCC(=O)CCCc1cc(Br)cc2c1OCC2. The molecule has 0 spiro atoms. The van der Waals surface area contributed by atoms with Crippen LogP contribution in [0, 0.1) is 0 Å². The first-order valence-corrected chi connectivity index (χ1v) is 7.45. The zero-order valence-electron chi connectivity index (χ0n) is 10.8. The first-order valence-electron chi connectivity index (χ1n) is 6.66. The number of Topliss-reactive ketones (excluding diaryl/α,β-unsaturated/α-hetero) is 1. The Morgan fingerprint density at radius 3 is 3.00 bits per heavy atom. The molecule has 1 aliphatic rings. The number of hydrogen-bond donors (Lipinski definition) is 0. The maximum absolute atomic E-state index is 11.5. The van der Waals surface area contributed by atoms with Gasteiger partial charge >= 0.3 is 0 Å². The minimum atomic E-state index is 0.380. The van der Waals surface area contributed by atoms with Crippen molar-refractivity contribution in [3.05, 3.63) is 27.7 Å². The van der Waals surface area contributed by atoms with Gasteiger partial charge in [0.15, 0.2) is 0 Å². The summed E-state index contributed by atoms with van der Waals surface area (Å²) in [6, 6.07) is 4.25. The molecule has 18 heavy (non-hydrogen) atoms. The molecule has 0 aliphatic carbocycles. The van der Waals surface area contributed by atoms with Crippen LogP contribution in [0.2, 0.25) is 0 Å². The first kappa shape index (κ1) is 13.6. The number of aryl methyl sites for hydroxylation is 1. The van der Waals surface area contributed by atoms with Crippen LogP contribution in [0.3, 0.4) is 0 Å². The molecule has 0 fully saturated rings. The lowest BCUT2D eigenvalue weighted by Crippen LogP contribution is -1.99. The summed E-state index contributed by atoms with van der Waals surface area (Å²) in [6.07, 6.45) is 5.20. The second-order valence-electron chi connectivity index (χ2n) is 4.79. The molecule has 1 aliphatic heterocycles. The molecule has 0 amide bonds. The lowest BCUT2D eigenvalue weighted by Gasteiger charge is -2.08. The quantitative estimate of drug-likeness (QED) is 0.791. The normalized spacial score (nSPS) is 13.2. The molecule has 0 atom stereocenters. The first-order chi connectivity index (χ1) is 8.70. The van der Waals surface area contributed by atoms with E-state index in [1.165, 1.54) is 11.1 Å². The van der Waals surface area contributed by atoms with Gasteiger partial charge in [-0.1, -0.05) is 22.9 Å². The van der Waals surface area contributed by atoms with Crippen molar-refractivity contribution in [3.63, 3.8) is 0 Å². The highest BCUT2D eigenvalue weighted by molar-refractivity contribution is 9.10. The highest BCUT2D eigenvalue weighted by atomic mass is 79.9. The fraction of sp³-hybridized carbons (Fsp3) is 0.533. The van der Waals surface area contributed by atoms with Gasteiger partial charge in [-0.15, -0.1) is 0 Å². The Bertz CT molecular complexity index is 440. The van der Waals surface area contributed by atoms with Crippen LogP contribution >= 0.6 is 15.9 Å². The van der Waals surface area contributed by atoms with E-state index in [-0.39, 0.29) is 0 Å². The van der Waals surface area contributed by atoms with Gasteiger partial charge in [0.25, 0.3) is 0 Å². The van der Waals surface area contributed by atoms with Gasteiger partial charge < -0.3 is 4.74 Å². The topological polar surface area (TPSA) is 26.3 Å². The largest absolute Gasteiger partial charge is 0.493 e. The standard InChI is InChI=1S/C15H19BrO2/c1-2-4-14(17)6-3-5-11-9-13(16)10-12-7-8-18-15(11)12/h9-10H,2-8H2,1H3. The molecule has 1 aromatic carbocycles. The zero-order chi connectivity index (χ0) is 13.0. The van der Waals surface area contributed by atoms with Crippen LogP contribution in [0.5, 0.6) is 5.75 Å². The van der Waals surface area contributed by atoms with Crippen molar-refractivity contribution < 1.29 is 9.53 Å². The predicted molar refractivity (Wildman–Crippen MR) is 76.2 cm³/mol. The van der Waals surface area contributed by atoms with Crippen molar-refractivity contribution in [2.45, 2.75) is 45.4 Å². The molecule has 2 rings (SSSR count). The Morgan fingerprint density at radius 1 is 1.39 bits per heavy atom. The minimum absolute atomic E-state index is 0.380. The highest BCUT2D eigenvalue weighted by Gasteiger charge is 2.17.